The van der Waals surface area contributed by atoms with E-state index in [9.17, 15) is 9.50 Å². The van der Waals surface area contributed by atoms with Crippen LogP contribution in [0.1, 0.15) is 35.2 Å². The average Bonchev–Trinajstić information content (AvgIpc) is 2.77. The lowest BCUT2D eigenvalue weighted by Crippen LogP contribution is -2.46. The third-order valence-electron chi connectivity index (χ3n) is 5.52. The molecule has 176 valence electrons. The number of hydrogen-bond donors (Lipinski definition) is 3. The van der Waals surface area contributed by atoms with E-state index in [1.54, 1.807) is 0 Å². The zero-order valence-electron chi connectivity index (χ0n) is 19.0. The maximum Gasteiger partial charge on any atom is 0.191 e. The normalized spacial score (nSPS) is 15.7. The minimum Gasteiger partial charge on any atom is -0.507 e. The summed E-state index contributed by atoms with van der Waals surface area (Å²) in [4.78, 5) is 7.09. The van der Waals surface area contributed by atoms with Crippen LogP contribution in [0.25, 0.3) is 0 Å². The van der Waals surface area contributed by atoms with Crippen LogP contribution < -0.4 is 10.6 Å². The number of hydrogen-bond acceptors (Lipinski definition) is 4. The van der Waals surface area contributed by atoms with Crippen molar-refractivity contribution in [1.29, 1.82) is 0 Å². The Morgan fingerprint density at radius 2 is 1.75 bits per heavy atom. The van der Waals surface area contributed by atoms with Crippen molar-refractivity contribution in [3.05, 3.63) is 64.5 Å². The number of phenolic OH excluding ortho intramolecular Hbond substituents is 1. The van der Waals surface area contributed by atoms with Crippen LogP contribution in [-0.4, -0.2) is 55.4 Å². The second kappa shape index (κ2) is 13.0. The van der Waals surface area contributed by atoms with Gasteiger partial charge in [0.25, 0.3) is 0 Å². The van der Waals surface area contributed by atoms with Crippen molar-refractivity contribution in [2.75, 3.05) is 39.4 Å². The number of nitrogens with one attached hydrogen (secondary N) is 2. The highest BCUT2D eigenvalue weighted by Crippen LogP contribution is 2.24. The Labute approximate surface area is 207 Å². The van der Waals surface area contributed by atoms with Crippen LogP contribution in [0, 0.1) is 19.7 Å². The van der Waals surface area contributed by atoms with Gasteiger partial charge in [-0.25, -0.2) is 9.38 Å². The van der Waals surface area contributed by atoms with Gasteiger partial charge in [0.2, 0.25) is 0 Å². The first kappa shape index (κ1) is 26.3. The predicted molar refractivity (Wildman–Crippen MR) is 137 cm³/mol. The number of halogens is 2. The summed E-state index contributed by atoms with van der Waals surface area (Å²) in [5.41, 5.74) is 3.82. The van der Waals surface area contributed by atoms with E-state index in [1.165, 1.54) is 12.1 Å². The molecule has 0 aliphatic carbocycles. The van der Waals surface area contributed by atoms with Gasteiger partial charge >= 0.3 is 0 Å². The van der Waals surface area contributed by atoms with E-state index in [2.05, 4.69) is 15.5 Å². The zero-order valence-corrected chi connectivity index (χ0v) is 21.4. The molecule has 0 spiro atoms. The summed E-state index contributed by atoms with van der Waals surface area (Å²) in [5.74, 6) is 0.837. The summed E-state index contributed by atoms with van der Waals surface area (Å²) in [6.45, 7) is 10.8. The van der Waals surface area contributed by atoms with Gasteiger partial charge in [0, 0.05) is 26.2 Å². The number of phenols is 1. The van der Waals surface area contributed by atoms with Crippen LogP contribution in [0.3, 0.4) is 0 Å². The van der Waals surface area contributed by atoms with Gasteiger partial charge in [-0.1, -0.05) is 24.3 Å². The number of aliphatic imine (C=N–C) groups is 1. The summed E-state index contributed by atoms with van der Waals surface area (Å²) < 4.78 is 19.0. The Morgan fingerprint density at radius 3 is 2.34 bits per heavy atom. The second-order valence-electron chi connectivity index (χ2n) is 7.87. The Kier molecular flexibility index (Phi) is 10.7. The minimum absolute atomic E-state index is 0. The van der Waals surface area contributed by atoms with Gasteiger partial charge in [0.1, 0.15) is 11.6 Å². The number of benzene rings is 2. The van der Waals surface area contributed by atoms with E-state index in [-0.39, 0.29) is 35.8 Å². The van der Waals surface area contributed by atoms with Gasteiger partial charge in [-0.2, -0.15) is 0 Å². The lowest BCUT2D eigenvalue weighted by atomic mass is 10.0. The van der Waals surface area contributed by atoms with Crippen LogP contribution in [0.15, 0.2) is 41.4 Å². The fourth-order valence-electron chi connectivity index (χ4n) is 3.87. The maximum atomic E-state index is 13.5. The van der Waals surface area contributed by atoms with E-state index < -0.39 is 0 Å². The Bertz CT molecular complexity index is 863. The fourth-order valence-corrected chi connectivity index (χ4v) is 3.87. The minimum atomic E-state index is -0.230. The first-order valence-electron chi connectivity index (χ1n) is 10.9. The third-order valence-corrected chi connectivity index (χ3v) is 5.52. The molecule has 2 aromatic carbocycles. The van der Waals surface area contributed by atoms with Crippen molar-refractivity contribution < 1.29 is 14.2 Å². The molecule has 0 amide bonds. The van der Waals surface area contributed by atoms with Crippen LogP contribution in [0.2, 0.25) is 0 Å². The molecule has 0 bridgehead atoms. The molecule has 1 heterocycles. The van der Waals surface area contributed by atoms with Crippen molar-refractivity contribution in [2.24, 2.45) is 4.99 Å². The number of morpholine rings is 1. The molecular weight excluding hydrogens is 522 g/mol. The summed E-state index contributed by atoms with van der Waals surface area (Å²) in [7, 11) is 0. The number of aryl methyl sites for hydroxylation is 2. The summed E-state index contributed by atoms with van der Waals surface area (Å²) in [6.07, 6.45) is 0. The molecule has 1 saturated heterocycles. The monoisotopic (exact) mass is 556 g/mol. The summed E-state index contributed by atoms with van der Waals surface area (Å²) in [5, 5.41) is 16.7. The SMILES string of the molecule is CCNC(=NCc1cc(C)c(O)c(C)c1)NCC(c1ccc(F)cc1)N1CCOCC1.I. The van der Waals surface area contributed by atoms with E-state index in [0.29, 0.717) is 32.1 Å². The smallest absolute Gasteiger partial charge is 0.191 e. The largest absolute Gasteiger partial charge is 0.507 e. The lowest BCUT2D eigenvalue weighted by Gasteiger charge is -2.35. The highest BCUT2D eigenvalue weighted by Gasteiger charge is 2.23. The molecule has 3 rings (SSSR count). The Morgan fingerprint density at radius 1 is 1.12 bits per heavy atom. The van der Waals surface area contributed by atoms with E-state index >= 15 is 0 Å². The molecule has 1 unspecified atom stereocenters. The van der Waals surface area contributed by atoms with Crippen LogP contribution >= 0.6 is 24.0 Å². The molecule has 8 heteroatoms. The third kappa shape index (κ3) is 7.31. The van der Waals surface area contributed by atoms with Gasteiger partial charge in [-0.3, -0.25) is 4.90 Å². The Hall–Kier alpha value is -1.91. The topological polar surface area (TPSA) is 69.1 Å². The maximum absolute atomic E-state index is 13.5. The van der Waals surface area contributed by atoms with Crippen molar-refractivity contribution in [3.8, 4) is 5.75 Å². The molecule has 1 aliphatic heterocycles. The van der Waals surface area contributed by atoms with Gasteiger partial charge in [-0.15, -0.1) is 24.0 Å². The van der Waals surface area contributed by atoms with Crippen molar-refractivity contribution in [2.45, 2.75) is 33.4 Å². The molecule has 0 saturated carbocycles. The quantitative estimate of drug-likeness (QED) is 0.275. The van der Waals surface area contributed by atoms with Crippen LogP contribution in [0.5, 0.6) is 5.75 Å². The van der Waals surface area contributed by atoms with Gasteiger partial charge in [0.05, 0.1) is 25.8 Å². The van der Waals surface area contributed by atoms with Crippen molar-refractivity contribution >= 4 is 29.9 Å². The molecule has 1 fully saturated rings. The van der Waals surface area contributed by atoms with Crippen molar-refractivity contribution in [1.82, 2.24) is 15.5 Å². The molecule has 6 nitrogen and oxygen atoms in total. The lowest BCUT2D eigenvalue weighted by molar-refractivity contribution is 0.0170. The highest BCUT2D eigenvalue weighted by molar-refractivity contribution is 14.0. The van der Waals surface area contributed by atoms with E-state index in [0.717, 1.165) is 47.8 Å². The summed E-state index contributed by atoms with van der Waals surface area (Å²) >= 11 is 0. The second-order valence-corrected chi connectivity index (χ2v) is 7.87. The number of ether oxygens (including phenoxy) is 1. The van der Waals surface area contributed by atoms with Gasteiger partial charge in [0.15, 0.2) is 5.96 Å². The van der Waals surface area contributed by atoms with Gasteiger partial charge in [-0.05, 0) is 55.2 Å². The number of aromatic hydroxyl groups is 1. The molecular formula is C24H34FIN4O2. The van der Waals surface area contributed by atoms with Crippen molar-refractivity contribution in [3.63, 3.8) is 0 Å². The number of nitrogens with zero attached hydrogens (tertiary/aromatic N) is 2. The Balaban J connectivity index is 0.00000363. The average molecular weight is 556 g/mol. The number of guanidine groups is 1. The molecule has 0 aromatic heterocycles. The summed E-state index contributed by atoms with van der Waals surface area (Å²) in [6, 6.07) is 10.7. The van der Waals surface area contributed by atoms with E-state index in [1.807, 2.05) is 45.0 Å². The fraction of sp³-hybridized carbons (Fsp3) is 0.458. The molecule has 1 atom stereocenters. The molecule has 32 heavy (non-hydrogen) atoms. The first-order valence-corrected chi connectivity index (χ1v) is 10.9. The first-order chi connectivity index (χ1) is 15.0. The number of rotatable bonds is 7. The van der Waals surface area contributed by atoms with Crippen LogP contribution in [0.4, 0.5) is 4.39 Å². The molecule has 1 aliphatic rings. The molecule has 2 aromatic rings. The molecule has 3 N–H and O–H groups in total. The van der Waals surface area contributed by atoms with Gasteiger partial charge < -0.3 is 20.5 Å². The van der Waals surface area contributed by atoms with Crippen LogP contribution in [-0.2, 0) is 11.3 Å². The molecule has 0 radical (unpaired) electrons. The predicted octanol–water partition coefficient (Wildman–Crippen LogP) is 3.89. The standard InChI is InChI=1S/C24H33FN4O2.HI/c1-4-26-24(27-15-19-13-17(2)23(30)18(3)14-19)28-16-22(29-9-11-31-12-10-29)20-5-7-21(25)8-6-20;/h5-8,13-14,22,30H,4,9-12,15-16H2,1-3H3,(H2,26,27,28);1H. The van der Waals surface area contributed by atoms with E-state index in [4.69, 9.17) is 9.73 Å². The zero-order chi connectivity index (χ0) is 22.2. The highest BCUT2D eigenvalue weighted by atomic mass is 127.